The van der Waals surface area contributed by atoms with Crippen molar-refractivity contribution >= 4 is 11.9 Å². The SMILES string of the molecule is CCOC(=O)C(C(C)C)C(C)N[C@@H]1CC[C@@](C(=O)N2CCc3ncc(C(F)(F)F)cc3C2)(C(C)C)C1. The molecular formula is C27H40F3N3O3. The van der Waals surface area contributed by atoms with Crippen LogP contribution in [0.3, 0.4) is 0 Å². The molecule has 1 amide bonds. The third kappa shape index (κ3) is 5.87. The first-order chi connectivity index (χ1) is 16.8. The van der Waals surface area contributed by atoms with Gasteiger partial charge in [0.15, 0.2) is 0 Å². The molecule has 0 saturated heterocycles. The fourth-order valence-corrected chi connectivity index (χ4v) is 6.02. The molecule has 0 aromatic carbocycles. The van der Waals surface area contributed by atoms with Crippen molar-refractivity contribution in [3.63, 3.8) is 0 Å². The highest BCUT2D eigenvalue weighted by molar-refractivity contribution is 5.84. The molecule has 1 saturated carbocycles. The molecule has 36 heavy (non-hydrogen) atoms. The van der Waals surface area contributed by atoms with E-state index in [0.29, 0.717) is 43.7 Å². The summed E-state index contributed by atoms with van der Waals surface area (Å²) >= 11 is 0. The molecule has 0 spiro atoms. The van der Waals surface area contributed by atoms with E-state index < -0.39 is 17.2 Å². The van der Waals surface area contributed by atoms with Gasteiger partial charge in [-0.05, 0) is 56.6 Å². The van der Waals surface area contributed by atoms with Gasteiger partial charge in [-0.3, -0.25) is 14.6 Å². The summed E-state index contributed by atoms with van der Waals surface area (Å²) in [4.78, 5) is 32.2. The van der Waals surface area contributed by atoms with Gasteiger partial charge in [0, 0.05) is 43.5 Å². The molecule has 2 heterocycles. The standard InChI is InChI=1S/C27H40F3N3O3/c1-7-36-24(34)23(16(2)3)18(6)32-21-8-10-26(13-21,17(4)5)25(35)33-11-9-22-19(15-33)12-20(14-31-22)27(28,29)30/h12,14,16-18,21,23,32H,7-11,13,15H2,1-6H3/t18?,21-,23?,26+/m1/s1. The molecule has 1 N–H and O–H groups in total. The summed E-state index contributed by atoms with van der Waals surface area (Å²) in [6.07, 6.45) is -1.02. The predicted molar refractivity (Wildman–Crippen MR) is 131 cm³/mol. The molecule has 6 nitrogen and oxygen atoms in total. The normalized spacial score (nSPS) is 24.1. The number of carbonyl (C=O) groups is 2. The summed E-state index contributed by atoms with van der Waals surface area (Å²) in [6, 6.07) is 1.09. The lowest BCUT2D eigenvalue weighted by molar-refractivity contribution is -0.151. The molecule has 1 aliphatic heterocycles. The van der Waals surface area contributed by atoms with Gasteiger partial charge in [0.25, 0.3) is 0 Å². The smallest absolute Gasteiger partial charge is 0.417 e. The van der Waals surface area contributed by atoms with E-state index >= 15 is 0 Å². The Kier molecular flexibility index (Phi) is 8.74. The molecule has 3 rings (SSSR count). The van der Waals surface area contributed by atoms with Gasteiger partial charge in [0.05, 0.1) is 23.5 Å². The fourth-order valence-electron chi connectivity index (χ4n) is 6.02. The maximum atomic E-state index is 13.9. The van der Waals surface area contributed by atoms with Crippen LogP contribution in [-0.4, -0.2) is 47.0 Å². The Morgan fingerprint density at radius 2 is 1.94 bits per heavy atom. The van der Waals surface area contributed by atoms with Crippen LogP contribution in [0.15, 0.2) is 12.3 Å². The minimum Gasteiger partial charge on any atom is -0.466 e. The molecule has 4 atom stereocenters. The predicted octanol–water partition coefficient (Wildman–Crippen LogP) is 4.99. The van der Waals surface area contributed by atoms with Crippen molar-refractivity contribution in [2.75, 3.05) is 13.2 Å². The Morgan fingerprint density at radius 1 is 1.25 bits per heavy atom. The number of alkyl halides is 3. The van der Waals surface area contributed by atoms with Gasteiger partial charge in [0.2, 0.25) is 5.91 Å². The molecule has 202 valence electrons. The van der Waals surface area contributed by atoms with Crippen LogP contribution in [-0.2, 0) is 33.5 Å². The monoisotopic (exact) mass is 511 g/mol. The topological polar surface area (TPSA) is 71.5 Å². The number of halogens is 3. The van der Waals surface area contributed by atoms with Crippen LogP contribution in [0.4, 0.5) is 13.2 Å². The van der Waals surface area contributed by atoms with Crippen molar-refractivity contribution in [2.24, 2.45) is 23.2 Å². The van der Waals surface area contributed by atoms with Gasteiger partial charge < -0.3 is 15.0 Å². The summed E-state index contributed by atoms with van der Waals surface area (Å²) in [6.45, 7) is 12.8. The first-order valence-corrected chi connectivity index (χ1v) is 13.1. The van der Waals surface area contributed by atoms with Crippen LogP contribution in [0.1, 0.15) is 77.6 Å². The van der Waals surface area contributed by atoms with Gasteiger partial charge >= 0.3 is 12.1 Å². The van der Waals surface area contributed by atoms with Crippen molar-refractivity contribution in [1.82, 2.24) is 15.2 Å². The van der Waals surface area contributed by atoms with Gasteiger partial charge in [-0.1, -0.05) is 27.7 Å². The highest BCUT2D eigenvalue weighted by Gasteiger charge is 2.50. The number of ether oxygens (including phenoxy) is 1. The van der Waals surface area contributed by atoms with Crippen LogP contribution in [0, 0.1) is 23.2 Å². The van der Waals surface area contributed by atoms with Gasteiger partial charge in [-0.15, -0.1) is 0 Å². The maximum absolute atomic E-state index is 13.9. The zero-order valence-corrected chi connectivity index (χ0v) is 22.2. The number of aromatic nitrogens is 1. The number of hydrogen-bond acceptors (Lipinski definition) is 5. The van der Waals surface area contributed by atoms with E-state index in [1.54, 1.807) is 11.8 Å². The number of carbonyl (C=O) groups excluding carboxylic acids is 2. The van der Waals surface area contributed by atoms with Crippen LogP contribution < -0.4 is 5.32 Å². The molecule has 2 unspecified atom stereocenters. The van der Waals surface area contributed by atoms with E-state index in [4.69, 9.17) is 4.74 Å². The number of hydrogen-bond donors (Lipinski definition) is 1. The second-order valence-corrected chi connectivity index (χ2v) is 11.0. The van der Waals surface area contributed by atoms with Gasteiger partial charge in [-0.2, -0.15) is 13.2 Å². The second-order valence-electron chi connectivity index (χ2n) is 11.0. The van der Waals surface area contributed by atoms with Crippen molar-refractivity contribution in [3.05, 3.63) is 29.1 Å². The Hall–Kier alpha value is -2.16. The average Bonchev–Trinajstić information content (AvgIpc) is 3.22. The lowest BCUT2D eigenvalue weighted by Gasteiger charge is -2.40. The quantitative estimate of drug-likeness (QED) is 0.498. The first kappa shape index (κ1) is 28.4. The summed E-state index contributed by atoms with van der Waals surface area (Å²) < 4.78 is 44.9. The average molecular weight is 512 g/mol. The molecule has 9 heteroatoms. The fraction of sp³-hybridized carbons (Fsp3) is 0.741. The van der Waals surface area contributed by atoms with Crippen molar-refractivity contribution in [3.8, 4) is 0 Å². The van der Waals surface area contributed by atoms with E-state index in [-0.39, 0.29) is 48.3 Å². The van der Waals surface area contributed by atoms with E-state index in [0.717, 1.165) is 18.7 Å². The number of pyridine rings is 1. The van der Waals surface area contributed by atoms with Gasteiger partial charge in [0.1, 0.15) is 0 Å². The summed E-state index contributed by atoms with van der Waals surface area (Å²) in [5.41, 5.74) is -0.279. The van der Waals surface area contributed by atoms with E-state index in [9.17, 15) is 22.8 Å². The highest BCUT2D eigenvalue weighted by atomic mass is 19.4. The number of nitrogens with zero attached hydrogens (tertiary/aromatic N) is 2. The lowest BCUT2D eigenvalue weighted by Crippen LogP contribution is -2.49. The number of nitrogens with one attached hydrogen (secondary N) is 1. The molecule has 1 aliphatic carbocycles. The zero-order chi connectivity index (χ0) is 26.8. The number of fused-ring (bicyclic) bond motifs is 1. The van der Waals surface area contributed by atoms with Crippen LogP contribution in [0.2, 0.25) is 0 Å². The van der Waals surface area contributed by atoms with Gasteiger partial charge in [-0.25, -0.2) is 0 Å². The van der Waals surface area contributed by atoms with Crippen molar-refractivity contribution < 1.29 is 27.5 Å². The second kappa shape index (κ2) is 11.1. The van der Waals surface area contributed by atoms with Crippen LogP contribution in [0.25, 0.3) is 0 Å². The minimum absolute atomic E-state index is 0.00307. The maximum Gasteiger partial charge on any atom is 0.417 e. The molecule has 1 aromatic heterocycles. The molecule has 0 bridgehead atoms. The Bertz CT molecular complexity index is 950. The highest BCUT2D eigenvalue weighted by Crippen LogP contribution is 2.47. The van der Waals surface area contributed by atoms with Crippen LogP contribution >= 0.6 is 0 Å². The first-order valence-electron chi connectivity index (χ1n) is 13.1. The summed E-state index contributed by atoms with van der Waals surface area (Å²) in [5, 5.41) is 3.60. The third-order valence-electron chi connectivity index (χ3n) is 8.05. The Labute approximate surface area is 212 Å². The van der Waals surface area contributed by atoms with Crippen molar-refractivity contribution in [1.29, 1.82) is 0 Å². The Balaban J connectivity index is 1.74. The van der Waals surface area contributed by atoms with E-state index in [1.165, 1.54) is 0 Å². The zero-order valence-electron chi connectivity index (χ0n) is 22.2. The van der Waals surface area contributed by atoms with Crippen molar-refractivity contribution in [2.45, 2.75) is 92.0 Å². The molecular weight excluding hydrogens is 471 g/mol. The summed E-state index contributed by atoms with van der Waals surface area (Å²) in [5.74, 6) is -0.324. The third-order valence-corrected chi connectivity index (χ3v) is 8.05. The van der Waals surface area contributed by atoms with E-state index in [2.05, 4.69) is 10.3 Å². The number of rotatable bonds is 8. The molecule has 2 aliphatic rings. The lowest BCUT2D eigenvalue weighted by atomic mass is 9.74. The van der Waals surface area contributed by atoms with E-state index in [1.807, 2.05) is 34.6 Å². The summed E-state index contributed by atoms with van der Waals surface area (Å²) in [7, 11) is 0. The molecule has 1 aromatic rings. The largest absolute Gasteiger partial charge is 0.466 e. The molecule has 1 fully saturated rings. The Morgan fingerprint density at radius 3 is 2.53 bits per heavy atom. The number of esters is 1. The number of amides is 1. The van der Waals surface area contributed by atoms with Crippen LogP contribution in [0.5, 0.6) is 0 Å². The minimum atomic E-state index is -4.47. The molecule has 0 radical (unpaired) electrons.